The number of fused-ring (bicyclic) bond motifs is 1. The van der Waals surface area contributed by atoms with Gasteiger partial charge in [-0.05, 0) is 41.9 Å². The van der Waals surface area contributed by atoms with Crippen LogP contribution in [0.3, 0.4) is 0 Å². The fourth-order valence-corrected chi connectivity index (χ4v) is 1.81. The molecule has 0 spiro atoms. The molecule has 1 nitrogen and oxygen atoms in total. The first-order chi connectivity index (χ1) is 6.08. The lowest BCUT2D eigenvalue weighted by Gasteiger charge is -2.28. The summed E-state index contributed by atoms with van der Waals surface area (Å²) >= 11 is 3.47. The summed E-state index contributed by atoms with van der Waals surface area (Å²) in [5, 5.41) is 0. The minimum absolute atomic E-state index is 0.198. The second-order valence-corrected chi connectivity index (χ2v) is 4.55. The highest BCUT2D eigenvalue weighted by atomic mass is 79.9. The predicted molar refractivity (Wildman–Crippen MR) is 57.9 cm³/mol. The van der Waals surface area contributed by atoms with E-state index in [-0.39, 0.29) is 5.60 Å². The van der Waals surface area contributed by atoms with Crippen LogP contribution in [-0.4, -0.2) is 5.60 Å². The van der Waals surface area contributed by atoms with E-state index >= 15 is 0 Å². The number of rotatable bonds is 0. The maximum atomic E-state index is 5.82. The third-order valence-electron chi connectivity index (χ3n) is 2.03. The van der Waals surface area contributed by atoms with E-state index in [9.17, 15) is 0 Å². The molecule has 68 valence electrons. The molecule has 0 saturated carbocycles. The average molecular weight is 239 g/mol. The van der Waals surface area contributed by atoms with Crippen LogP contribution in [0.1, 0.15) is 19.4 Å². The second-order valence-electron chi connectivity index (χ2n) is 3.70. The van der Waals surface area contributed by atoms with Crippen molar-refractivity contribution < 1.29 is 4.74 Å². The highest BCUT2D eigenvalue weighted by Gasteiger charge is 2.22. The lowest BCUT2D eigenvalue weighted by Crippen LogP contribution is -2.27. The van der Waals surface area contributed by atoms with Crippen LogP contribution in [0.5, 0.6) is 5.75 Å². The molecule has 1 aliphatic heterocycles. The summed E-state index contributed by atoms with van der Waals surface area (Å²) in [6, 6.07) is 6.05. The minimum atomic E-state index is -0.198. The average Bonchev–Trinajstić information content (AvgIpc) is 2.06. The van der Waals surface area contributed by atoms with Crippen molar-refractivity contribution in [1.82, 2.24) is 0 Å². The van der Waals surface area contributed by atoms with Crippen molar-refractivity contribution in [1.29, 1.82) is 0 Å². The largest absolute Gasteiger partial charge is 0.482 e. The molecule has 2 rings (SSSR count). The Morgan fingerprint density at radius 3 is 2.85 bits per heavy atom. The maximum Gasteiger partial charge on any atom is 0.141 e. The van der Waals surface area contributed by atoms with Crippen LogP contribution in [0.4, 0.5) is 0 Å². The molecule has 0 radical (unpaired) electrons. The molecular formula is C11H11BrO. The van der Waals surface area contributed by atoms with Crippen molar-refractivity contribution in [2.45, 2.75) is 19.4 Å². The van der Waals surface area contributed by atoms with Gasteiger partial charge in [0, 0.05) is 5.56 Å². The number of halogens is 1. The monoisotopic (exact) mass is 238 g/mol. The Kier molecular flexibility index (Phi) is 1.95. The standard InChI is InChI=1S/C11H11BrO/c1-11(2)7-6-8-4-3-5-9(12)10(8)13-11/h3-7H,1-2H3. The van der Waals surface area contributed by atoms with Gasteiger partial charge in [-0.1, -0.05) is 18.2 Å². The van der Waals surface area contributed by atoms with Gasteiger partial charge < -0.3 is 4.74 Å². The minimum Gasteiger partial charge on any atom is -0.482 e. The van der Waals surface area contributed by atoms with Crippen molar-refractivity contribution in [3.63, 3.8) is 0 Å². The van der Waals surface area contributed by atoms with Crippen LogP contribution < -0.4 is 4.74 Å². The zero-order chi connectivity index (χ0) is 9.47. The fourth-order valence-electron chi connectivity index (χ4n) is 1.35. The first kappa shape index (κ1) is 8.82. The van der Waals surface area contributed by atoms with Crippen molar-refractivity contribution in [2.75, 3.05) is 0 Å². The Hall–Kier alpha value is -0.760. The van der Waals surface area contributed by atoms with Gasteiger partial charge in [-0.3, -0.25) is 0 Å². The molecule has 0 aromatic heterocycles. The molecule has 1 aromatic carbocycles. The Morgan fingerprint density at radius 1 is 1.31 bits per heavy atom. The number of benzene rings is 1. The molecule has 0 atom stereocenters. The Labute approximate surface area is 86.5 Å². The van der Waals surface area contributed by atoms with Gasteiger partial charge in [0.05, 0.1) is 4.47 Å². The molecule has 1 aliphatic rings. The molecule has 0 amide bonds. The lowest BCUT2D eigenvalue weighted by atomic mass is 10.0. The topological polar surface area (TPSA) is 9.23 Å². The second kappa shape index (κ2) is 2.88. The van der Waals surface area contributed by atoms with Gasteiger partial charge in [0.1, 0.15) is 11.4 Å². The first-order valence-corrected chi connectivity index (χ1v) is 5.04. The van der Waals surface area contributed by atoms with Crippen molar-refractivity contribution in [3.05, 3.63) is 34.3 Å². The van der Waals surface area contributed by atoms with Crippen LogP contribution in [-0.2, 0) is 0 Å². The normalized spacial score (nSPS) is 17.8. The first-order valence-electron chi connectivity index (χ1n) is 4.25. The van der Waals surface area contributed by atoms with Gasteiger partial charge in [-0.15, -0.1) is 0 Å². The van der Waals surface area contributed by atoms with Gasteiger partial charge in [0.2, 0.25) is 0 Å². The molecule has 0 unspecified atom stereocenters. The summed E-state index contributed by atoms with van der Waals surface area (Å²) < 4.78 is 6.83. The van der Waals surface area contributed by atoms with Crippen LogP contribution in [0.25, 0.3) is 6.08 Å². The van der Waals surface area contributed by atoms with E-state index < -0.39 is 0 Å². The number of para-hydroxylation sites is 1. The zero-order valence-corrected chi connectivity index (χ0v) is 9.26. The summed E-state index contributed by atoms with van der Waals surface area (Å²) in [6.07, 6.45) is 4.17. The summed E-state index contributed by atoms with van der Waals surface area (Å²) in [5.41, 5.74) is 0.936. The molecule has 0 fully saturated rings. The third-order valence-corrected chi connectivity index (χ3v) is 2.65. The number of hydrogen-bond acceptors (Lipinski definition) is 1. The quantitative estimate of drug-likeness (QED) is 0.671. The Morgan fingerprint density at radius 2 is 2.08 bits per heavy atom. The van der Waals surface area contributed by atoms with E-state index in [1.807, 2.05) is 32.0 Å². The molecule has 13 heavy (non-hydrogen) atoms. The lowest BCUT2D eigenvalue weighted by molar-refractivity contribution is 0.158. The summed E-state index contributed by atoms with van der Waals surface area (Å²) in [7, 11) is 0. The fraction of sp³-hybridized carbons (Fsp3) is 0.273. The molecule has 1 aromatic rings. The van der Waals surface area contributed by atoms with E-state index in [2.05, 4.69) is 28.1 Å². The van der Waals surface area contributed by atoms with Crippen molar-refractivity contribution >= 4 is 22.0 Å². The predicted octanol–water partition coefficient (Wildman–Crippen LogP) is 3.63. The van der Waals surface area contributed by atoms with E-state index in [0.717, 1.165) is 15.8 Å². The van der Waals surface area contributed by atoms with Gasteiger partial charge in [-0.2, -0.15) is 0 Å². The van der Waals surface area contributed by atoms with Crippen LogP contribution in [0.15, 0.2) is 28.7 Å². The van der Waals surface area contributed by atoms with E-state index in [1.165, 1.54) is 0 Å². The van der Waals surface area contributed by atoms with Crippen LogP contribution in [0.2, 0.25) is 0 Å². The van der Waals surface area contributed by atoms with E-state index in [1.54, 1.807) is 0 Å². The summed E-state index contributed by atoms with van der Waals surface area (Å²) in [4.78, 5) is 0. The molecule has 1 heterocycles. The maximum absolute atomic E-state index is 5.82. The van der Waals surface area contributed by atoms with Gasteiger partial charge in [0.15, 0.2) is 0 Å². The number of hydrogen-bond donors (Lipinski definition) is 0. The molecular weight excluding hydrogens is 228 g/mol. The SMILES string of the molecule is CC1(C)C=Cc2cccc(Br)c2O1. The van der Waals surface area contributed by atoms with Crippen molar-refractivity contribution in [2.24, 2.45) is 0 Å². The van der Waals surface area contributed by atoms with Gasteiger partial charge >= 0.3 is 0 Å². The summed E-state index contributed by atoms with van der Waals surface area (Å²) in [6.45, 7) is 4.10. The van der Waals surface area contributed by atoms with Gasteiger partial charge in [0.25, 0.3) is 0 Å². The Bertz CT molecular complexity index is 366. The Balaban J connectivity index is 2.54. The van der Waals surface area contributed by atoms with Crippen LogP contribution in [0, 0.1) is 0 Å². The summed E-state index contributed by atoms with van der Waals surface area (Å²) in [5.74, 6) is 0.940. The molecule has 0 bridgehead atoms. The molecule has 2 heteroatoms. The van der Waals surface area contributed by atoms with Crippen molar-refractivity contribution in [3.8, 4) is 5.75 Å². The van der Waals surface area contributed by atoms with Crippen LogP contribution >= 0.6 is 15.9 Å². The smallest absolute Gasteiger partial charge is 0.141 e. The van der Waals surface area contributed by atoms with E-state index in [0.29, 0.717) is 0 Å². The third kappa shape index (κ3) is 1.63. The highest BCUT2D eigenvalue weighted by molar-refractivity contribution is 9.10. The van der Waals surface area contributed by atoms with E-state index in [4.69, 9.17) is 4.74 Å². The highest BCUT2D eigenvalue weighted by Crippen LogP contribution is 2.36. The molecule has 0 N–H and O–H groups in total. The zero-order valence-electron chi connectivity index (χ0n) is 7.67. The number of ether oxygens (including phenoxy) is 1. The molecule has 0 saturated heterocycles. The van der Waals surface area contributed by atoms with Gasteiger partial charge in [-0.25, -0.2) is 0 Å². The molecule has 0 aliphatic carbocycles.